The predicted molar refractivity (Wildman–Crippen MR) is 43.7 cm³/mol. The standard InChI is InChI=1S/C6H6O.CH5P/c7-6-4-2-1-3-5-6;1-2/h1-5,7H;2H2,1H3. The van der Waals surface area contributed by atoms with Crippen LogP contribution in [0.1, 0.15) is 0 Å². The minimum absolute atomic E-state index is 0.322. The fourth-order valence-electron chi connectivity index (χ4n) is 0.428. The van der Waals surface area contributed by atoms with E-state index < -0.39 is 0 Å². The Balaban J connectivity index is 0.000000291. The van der Waals surface area contributed by atoms with Crippen molar-refractivity contribution in [2.45, 2.75) is 0 Å². The van der Waals surface area contributed by atoms with Crippen molar-refractivity contribution in [2.75, 3.05) is 6.66 Å². The molecular formula is C7H11OP. The third-order valence-corrected chi connectivity index (χ3v) is 0.756. The van der Waals surface area contributed by atoms with Crippen LogP contribution in [-0.2, 0) is 0 Å². The van der Waals surface area contributed by atoms with Crippen molar-refractivity contribution >= 4 is 9.24 Å². The first kappa shape index (κ1) is 8.45. The highest BCUT2D eigenvalue weighted by atomic mass is 31.0. The second kappa shape index (κ2) is 5.58. The van der Waals surface area contributed by atoms with Gasteiger partial charge in [-0.05, 0) is 12.1 Å². The summed E-state index contributed by atoms with van der Waals surface area (Å²) in [6.45, 7) is 1.92. The van der Waals surface area contributed by atoms with Gasteiger partial charge in [0.2, 0.25) is 0 Å². The highest BCUT2D eigenvalue weighted by Crippen LogP contribution is 2.02. The van der Waals surface area contributed by atoms with E-state index in [1.807, 2.05) is 12.7 Å². The van der Waals surface area contributed by atoms with Crippen LogP contribution in [0.3, 0.4) is 0 Å². The van der Waals surface area contributed by atoms with Gasteiger partial charge >= 0.3 is 0 Å². The Morgan fingerprint density at radius 2 is 1.56 bits per heavy atom. The van der Waals surface area contributed by atoms with Crippen LogP contribution in [0.2, 0.25) is 0 Å². The number of phenols is 1. The first-order chi connectivity index (χ1) is 4.39. The lowest BCUT2D eigenvalue weighted by Gasteiger charge is -1.82. The molecule has 1 aromatic carbocycles. The van der Waals surface area contributed by atoms with Gasteiger partial charge < -0.3 is 5.11 Å². The number of para-hydroxylation sites is 1. The molecule has 50 valence electrons. The molecule has 0 bridgehead atoms. The normalized spacial score (nSPS) is 7.33. The fraction of sp³-hybridized carbons (Fsp3) is 0.143. The molecule has 0 aliphatic carbocycles. The van der Waals surface area contributed by atoms with E-state index in [1.165, 1.54) is 0 Å². The molecule has 1 aromatic rings. The number of benzene rings is 1. The van der Waals surface area contributed by atoms with Gasteiger partial charge in [0.1, 0.15) is 5.75 Å². The molecule has 1 N–H and O–H groups in total. The van der Waals surface area contributed by atoms with Crippen molar-refractivity contribution in [1.29, 1.82) is 0 Å². The van der Waals surface area contributed by atoms with Gasteiger partial charge in [-0.25, -0.2) is 0 Å². The molecule has 0 aromatic heterocycles. The van der Waals surface area contributed by atoms with E-state index in [1.54, 1.807) is 24.3 Å². The summed E-state index contributed by atoms with van der Waals surface area (Å²) in [6, 6.07) is 8.71. The average molecular weight is 142 g/mol. The Morgan fingerprint density at radius 3 is 1.78 bits per heavy atom. The first-order valence-electron chi connectivity index (χ1n) is 2.71. The van der Waals surface area contributed by atoms with E-state index in [0.29, 0.717) is 5.75 Å². The molecule has 0 radical (unpaired) electrons. The van der Waals surface area contributed by atoms with Gasteiger partial charge in [-0.3, -0.25) is 0 Å². The Kier molecular flexibility index (Phi) is 5.24. The maximum Gasteiger partial charge on any atom is 0.115 e. The minimum atomic E-state index is 0.322. The van der Waals surface area contributed by atoms with E-state index in [2.05, 4.69) is 9.24 Å². The summed E-state index contributed by atoms with van der Waals surface area (Å²) >= 11 is 0. The van der Waals surface area contributed by atoms with E-state index in [-0.39, 0.29) is 0 Å². The summed E-state index contributed by atoms with van der Waals surface area (Å²) in [4.78, 5) is 0. The predicted octanol–water partition coefficient (Wildman–Crippen LogP) is 1.88. The Labute approximate surface area is 57.9 Å². The van der Waals surface area contributed by atoms with Crippen LogP contribution in [0.15, 0.2) is 30.3 Å². The van der Waals surface area contributed by atoms with Gasteiger partial charge in [0.15, 0.2) is 0 Å². The molecule has 1 atom stereocenters. The van der Waals surface area contributed by atoms with E-state index >= 15 is 0 Å². The molecule has 1 nitrogen and oxygen atoms in total. The van der Waals surface area contributed by atoms with Crippen LogP contribution < -0.4 is 0 Å². The van der Waals surface area contributed by atoms with Gasteiger partial charge in [-0.2, -0.15) is 0 Å². The van der Waals surface area contributed by atoms with Crippen LogP contribution in [0.5, 0.6) is 5.75 Å². The van der Waals surface area contributed by atoms with Crippen molar-refractivity contribution in [1.82, 2.24) is 0 Å². The summed E-state index contributed by atoms with van der Waals surface area (Å²) in [5, 5.41) is 8.63. The molecule has 0 aliphatic heterocycles. The summed E-state index contributed by atoms with van der Waals surface area (Å²) < 4.78 is 0. The summed E-state index contributed by atoms with van der Waals surface area (Å²) in [7, 11) is 2.42. The molecule has 0 fully saturated rings. The smallest absolute Gasteiger partial charge is 0.115 e. The number of phenolic OH excluding ortho intramolecular Hbond substituents is 1. The van der Waals surface area contributed by atoms with Crippen LogP contribution in [-0.4, -0.2) is 11.8 Å². The maximum atomic E-state index is 8.63. The van der Waals surface area contributed by atoms with Crippen molar-refractivity contribution < 1.29 is 5.11 Å². The van der Waals surface area contributed by atoms with Gasteiger partial charge in [-0.15, -0.1) is 9.24 Å². The molecule has 2 heteroatoms. The third kappa shape index (κ3) is 3.99. The van der Waals surface area contributed by atoms with E-state index in [0.717, 1.165) is 0 Å². The molecule has 0 amide bonds. The van der Waals surface area contributed by atoms with E-state index in [4.69, 9.17) is 5.11 Å². The lowest BCUT2D eigenvalue weighted by molar-refractivity contribution is 0.475. The summed E-state index contributed by atoms with van der Waals surface area (Å²) in [6.07, 6.45) is 0. The largest absolute Gasteiger partial charge is 0.508 e. The van der Waals surface area contributed by atoms with Crippen molar-refractivity contribution in [2.24, 2.45) is 0 Å². The highest BCUT2D eigenvalue weighted by molar-refractivity contribution is 7.15. The number of aromatic hydroxyl groups is 1. The third-order valence-electron chi connectivity index (χ3n) is 0.756. The summed E-state index contributed by atoms with van der Waals surface area (Å²) in [5.41, 5.74) is 0. The molecule has 1 rings (SSSR count). The zero-order valence-electron chi connectivity index (χ0n) is 5.41. The maximum absolute atomic E-state index is 8.63. The number of hydrogen-bond acceptors (Lipinski definition) is 1. The Bertz CT molecular complexity index is 139. The fourth-order valence-corrected chi connectivity index (χ4v) is 0.428. The Hall–Kier alpha value is -0.550. The molecule has 0 spiro atoms. The lowest BCUT2D eigenvalue weighted by atomic mass is 10.3. The first-order valence-corrected chi connectivity index (χ1v) is 3.87. The quantitative estimate of drug-likeness (QED) is 0.548. The van der Waals surface area contributed by atoms with Gasteiger partial charge in [0, 0.05) is 0 Å². The molecule has 0 heterocycles. The molecule has 0 saturated carbocycles. The van der Waals surface area contributed by atoms with Gasteiger partial charge in [0.25, 0.3) is 0 Å². The monoisotopic (exact) mass is 142 g/mol. The minimum Gasteiger partial charge on any atom is -0.508 e. The van der Waals surface area contributed by atoms with Gasteiger partial charge in [0.05, 0.1) is 0 Å². The Morgan fingerprint density at radius 1 is 1.11 bits per heavy atom. The highest BCUT2D eigenvalue weighted by Gasteiger charge is 1.74. The zero-order chi connectivity index (χ0) is 7.11. The molecule has 0 aliphatic rings. The molecular weight excluding hydrogens is 131 g/mol. The van der Waals surface area contributed by atoms with E-state index in [9.17, 15) is 0 Å². The van der Waals surface area contributed by atoms with Crippen molar-refractivity contribution in [3.05, 3.63) is 30.3 Å². The second-order valence-corrected chi connectivity index (χ2v) is 1.34. The van der Waals surface area contributed by atoms with Crippen molar-refractivity contribution in [3.8, 4) is 5.75 Å². The van der Waals surface area contributed by atoms with Crippen LogP contribution in [0.4, 0.5) is 0 Å². The molecule has 1 unspecified atom stereocenters. The second-order valence-electron chi connectivity index (χ2n) is 1.34. The molecule has 0 saturated heterocycles. The van der Waals surface area contributed by atoms with Crippen molar-refractivity contribution in [3.63, 3.8) is 0 Å². The zero-order valence-corrected chi connectivity index (χ0v) is 6.57. The number of rotatable bonds is 0. The lowest BCUT2D eigenvalue weighted by Crippen LogP contribution is -1.56. The summed E-state index contributed by atoms with van der Waals surface area (Å²) in [5.74, 6) is 0.322. The SMILES string of the molecule is CP.Oc1ccccc1. The number of hydrogen-bond donors (Lipinski definition) is 1. The van der Waals surface area contributed by atoms with Gasteiger partial charge in [-0.1, -0.05) is 24.9 Å². The topological polar surface area (TPSA) is 20.2 Å². The average Bonchev–Trinajstić information content (AvgIpc) is 1.94. The van der Waals surface area contributed by atoms with Crippen LogP contribution in [0.25, 0.3) is 0 Å². The molecule has 9 heavy (non-hydrogen) atoms. The van der Waals surface area contributed by atoms with Crippen LogP contribution in [0, 0.1) is 0 Å². The van der Waals surface area contributed by atoms with Crippen LogP contribution >= 0.6 is 9.24 Å².